The number of aliphatic hydroxyl groups is 1. The van der Waals surface area contributed by atoms with Crippen LogP contribution >= 0.6 is 0 Å². The molecule has 3 aromatic rings. The van der Waals surface area contributed by atoms with E-state index in [0.29, 0.717) is 28.3 Å². The van der Waals surface area contributed by atoms with Crippen molar-refractivity contribution in [3.05, 3.63) is 94.6 Å². The number of amides is 1. The van der Waals surface area contributed by atoms with Crippen molar-refractivity contribution in [2.75, 3.05) is 19.1 Å². The van der Waals surface area contributed by atoms with E-state index in [1.54, 1.807) is 56.7 Å². The lowest BCUT2D eigenvalue weighted by Crippen LogP contribution is -2.29. The van der Waals surface area contributed by atoms with Gasteiger partial charge in [-0.2, -0.15) is 0 Å². The third kappa shape index (κ3) is 3.96. The summed E-state index contributed by atoms with van der Waals surface area (Å²) in [6.45, 7) is 3.93. The van der Waals surface area contributed by atoms with Crippen molar-refractivity contribution in [1.82, 2.24) is 0 Å². The van der Waals surface area contributed by atoms with Crippen LogP contribution in [0.4, 0.5) is 5.69 Å². The average molecular weight is 443 g/mol. The van der Waals surface area contributed by atoms with Gasteiger partial charge >= 0.3 is 0 Å². The van der Waals surface area contributed by atoms with E-state index in [0.717, 1.165) is 11.1 Å². The fourth-order valence-electron chi connectivity index (χ4n) is 4.01. The number of carbonyl (C=O) groups is 2. The molecule has 1 fully saturated rings. The summed E-state index contributed by atoms with van der Waals surface area (Å²) in [5.74, 6) is -0.472. The van der Waals surface area contributed by atoms with Gasteiger partial charge in [0.15, 0.2) is 0 Å². The molecule has 0 bridgehead atoms. The van der Waals surface area contributed by atoms with E-state index in [9.17, 15) is 14.7 Å². The van der Waals surface area contributed by atoms with Crippen LogP contribution in [0.3, 0.4) is 0 Å². The van der Waals surface area contributed by atoms with E-state index >= 15 is 0 Å². The molecule has 0 aliphatic carbocycles. The van der Waals surface area contributed by atoms with Crippen LogP contribution in [-0.2, 0) is 9.59 Å². The number of ketones is 1. The van der Waals surface area contributed by atoms with Crippen molar-refractivity contribution in [3.8, 4) is 11.5 Å². The molecule has 1 unspecified atom stereocenters. The van der Waals surface area contributed by atoms with Gasteiger partial charge in [-0.15, -0.1) is 0 Å². The smallest absolute Gasteiger partial charge is 0.300 e. The molecule has 0 spiro atoms. The minimum atomic E-state index is -0.815. The second-order valence-corrected chi connectivity index (χ2v) is 7.94. The number of nitrogens with zero attached hydrogens (tertiary/aromatic N) is 1. The number of carbonyl (C=O) groups excluding carboxylic acids is 2. The number of aliphatic hydroxyl groups excluding tert-OH is 1. The number of Topliss-reactive ketones (excluding diaryl/α,β-unsaturated/α-hetero) is 1. The molecule has 1 aliphatic rings. The standard InChI is InChI=1S/C27H25NO5/c1-16-8-11-20(14-17(16)2)28-24(19-6-5-7-22(15-19)33-4)23(26(30)27(28)31)25(29)18-9-12-21(32-3)13-10-18/h5-15,24,29H,1-4H3/b25-23+. The van der Waals surface area contributed by atoms with E-state index in [1.165, 1.54) is 4.90 Å². The second kappa shape index (κ2) is 8.82. The Morgan fingerprint density at radius 1 is 0.848 bits per heavy atom. The number of aryl methyl sites for hydroxylation is 2. The van der Waals surface area contributed by atoms with Gasteiger partial charge in [0.1, 0.15) is 17.3 Å². The predicted octanol–water partition coefficient (Wildman–Crippen LogP) is 4.95. The van der Waals surface area contributed by atoms with Crippen molar-refractivity contribution in [3.63, 3.8) is 0 Å². The third-order valence-corrected chi connectivity index (χ3v) is 5.99. The summed E-state index contributed by atoms with van der Waals surface area (Å²) >= 11 is 0. The summed E-state index contributed by atoms with van der Waals surface area (Å²) in [7, 11) is 3.10. The van der Waals surface area contributed by atoms with Gasteiger partial charge in [0, 0.05) is 11.3 Å². The number of hydrogen-bond donors (Lipinski definition) is 1. The third-order valence-electron chi connectivity index (χ3n) is 5.99. The van der Waals surface area contributed by atoms with Crippen molar-refractivity contribution in [1.29, 1.82) is 0 Å². The van der Waals surface area contributed by atoms with Crippen LogP contribution in [0.1, 0.15) is 28.3 Å². The Bertz CT molecular complexity index is 1260. The highest BCUT2D eigenvalue weighted by atomic mass is 16.5. The first-order valence-corrected chi connectivity index (χ1v) is 10.5. The van der Waals surface area contributed by atoms with Crippen molar-refractivity contribution >= 4 is 23.1 Å². The minimum absolute atomic E-state index is 0.0247. The molecule has 1 heterocycles. The van der Waals surface area contributed by atoms with Gasteiger partial charge < -0.3 is 14.6 Å². The maximum absolute atomic E-state index is 13.3. The Morgan fingerprint density at radius 2 is 1.55 bits per heavy atom. The molecule has 1 saturated heterocycles. The number of hydrogen-bond acceptors (Lipinski definition) is 5. The fourth-order valence-corrected chi connectivity index (χ4v) is 4.01. The molecule has 0 aromatic heterocycles. The number of anilines is 1. The van der Waals surface area contributed by atoms with Crippen LogP contribution in [0, 0.1) is 13.8 Å². The first-order valence-electron chi connectivity index (χ1n) is 10.5. The zero-order valence-corrected chi connectivity index (χ0v) is 19.0. The van der Waals surface area contributed by atoms with Gasteiger partial charge in [-0.1, -0.05) is 18.2 Å². The molecule has 1 amide bonds. The van der Waals surface area contributed by atoms with Crippen molar-refractivity contribution in [2.45, 2.75) is 19.9 Å². The molecule has 0 radical (unpaired) electrons. The van der Waals surface area contributed by atoms with Crippen LogP contribution in [0.5, 0.6) is 11.5 Å². The Kier molecular flexibility index (Phi) is 5.92. The number of benzene rings is 3. The van der Waals surface area contributed by atoms with Gasteiger partial charge in [-0.05, 0) is 79.1 Å². The van der Waals surface area contributed by atoms with Crippen LogP contribution < -0.4 is 14.4 Å². The number of rotatable bonds is 5. The number of methoxy groups -OCH3 is 2. The van der Waals surface area contributed by atoms with E-state index in [-0.39, 0.29) is 11.3 Å². The molecule has 168 valence electrons. The second-order valence-electron chi connectivity index (χ2n) is 7.94. The summed E-state index contributed by atoms with van der Waals surface area (Å²) in [5.41, 5.74) is 3.75. The number of ether oxygens (including phenoxy) is 2. The van der Waals surface area contributed by atoms with Crippen LogP contribution in [0.2, 0.25) is 0 Å². The molecular weight excluding hydrogens is 418 g/mol. The topological polar surface area (TPSA) is 76.1 Å². The maximum Gasteiger partial charge on any atom is 0.300 e. The summed E-state index contributed by atoms with van der Waals surface area (Å²) in [5, 5.41) is 11.2. The zero-order valence-electron chi connectivity index (χ0n) is 19.0. The summed E-state index contributed by atoms with van der Waals surface area (Å²) in [6, 6.07) is 18.6. The molecule has 6 nitrogen and oxygen atoms in total. The normalized spacial score (nSPS) is 17.3. The highest BCUT2D eigenvalue weighted by molar-refractivity contribution is 6.51. The average Bonchev–Trinajstić information content (AvgIpc) is 3.11. The zero-order chi connectivity index (χ0) is 23.7. The minimum Gasteiger partial charge on any atom is -0.507 e. The highest BCUT2D eigenvalue weighted by Gasteiger charge is 2.47. The summed E-state index contributed by atoms with van der Waals surface area (Å²) < 4.78 is 10.6. The van der Waals surface area contributed by atoms with Crippen LogP contribution in [0.25, 0.3) is 5.76 Å². The molecule has 1 aliphatic heterocycles. The Labute approximate surface area is 192 Å². The van der Waals surface area contributed by atoms with Gasteiger partial charge in [0.05, 0.1) is 25.8 Å². The summed E-state index contributed by atoms with van der Waals surface area (Å²) in [4.78, 5) is 28.0. The molecule has 33 heavy (non-hydrogen) atoms. The molecule has 1 N–H and O–H groups in total. The first-order chi connectivity index (χ1) is 15.8. The van der Waals surface area contributed by atoms with E-state index in [1.807, 2.05) is 38.1 Å². The Hall–Kier alpha value is -4.06. The molecule has 3 aromatic carbocycles. The Balaban J connectivity index is 1.94. The van der Waals surface area contributed by atoms with Crippen LogP contribution in [0.15, 0.2) is 72.3 Å². The van der Waals surface area contributed by atoms with E-state index < -0.39 is 17.7 Å². The molecule has 1 atom stereocenters. The fraction of sp³-hybridized carbons (Fsp3) is 0.185. The lowest BCUT2D eigenvalue weighted by atomic mass is 9.94. The van der Waals surface area contributed by atoms with Crippen molar-refractivity contribution in [2.24, 2.45) is 0 Å². The molecule has 0 saturated carbocycles. The summed E-state index contributed by atoms with van der Waals surface area (Å²) in [6.07, 6.45) is 0. The highest BCUT2D eigenvalue weighted by Crippen LogP contribution is 2.43. The van der Waals surface area contributed by atoms with Gasteiger partial charge in [-0.25, -0.2) is 0 Å². The quantitative estimate of drug-likeness (QED) is 0.343. The SMILES string of the molecule is COc1ccc(/C(O)=C2\C(=O)C(=O)N(c3ccc(C)c(C)c3)C2c2cccc(OC)c2)cc1. The van der Waals surface area contributed by atoms with Crippen LogP contribution in [-0.4, -0.2) is 31.0 Å². The molecular formula is C27H25NO5. The first kappa shape index (κ1) is 22.1. The van der Waals surface area contributed by atoms with Crippen molar-refractivity contribution < 1.29 is 24.2 Å². The molecule has 4 rings (SSSR count). The van der Waals surface area contributed by atoms with Gasteiger partial charge in [-0.3, -0.25) is 14.5 Å². The predicted molar refractivity (Wildman–Crippen MR) is 127 cm³/mol. The van der Waals surface area contributed by atoms with E-state index in [4.69, 9.17) is 9.47 Å². The Morgan fingerprint density at radius 3 is 2.18 bits per heavy atom. The monoisotopic (exact) mass is 443 g/mol. The van der Waals surface area contributed by atoms with E-state index in [2.05, 4.69) is 0 Å². The molecule has 6 heteroatoms. The lowest BCUT2D eigenvalue weighted by molar-refractivity contribution is -0.132. The lowest BCUT2D eigenvalue weighted by Gasteiger charge is -2.26. The van der Waals surface area contributed by atoms with Gasteiger partial charge in [0.25, 0.3) is 11.7 Å². The maximum atomic E-state index is 13.3. The van der Waals surface area contributed by atoms with Gasteiger partial charge in [0.2, 0.25) is 0 Å². The largest absolute Gasteiger partial charge is 0.507 e.